The summed E-state index contributed by atoms with van der Waals surface area (Å²) in [5.74, 6) is -2.11. The van der Waals surface area contributed by atoms with Gasteiger partial charge < -0.3 is 15.8 Å². The minimum Gasteiger partial charge on any atom is -0.357 e. The monoisotopic (exact) mass is 334 g/mol. The zero-order chi connectivity index (χ0) is 17.8. The normalized spacial score (nSPS) is 14.2. The van der Waals surface area contributed by atoms with Gasteiger partial charge in [0.05, 0.1) is 0 Å². The number of alkyl halides is 2. The summed E-state index contributed by atoms with van der Waals surface area (Å²) in [7, 11) is 2.10. The number of carbonyl (C=O) groups excluding carboxylic acids is 1. The SMILES string of the molecule is CNC(=O)C(N)(C(c1ccccc1)c1ccccc1)C(F)(F)OC. The minimum atomic E-state index is -3.89. The first kappa shape index (κ1) is 18.0. The van der Waals surface area contributed by atoms with Crippen LogP contribution in [-0.2, 0) is 9.53 Å². The Morgan fingerprint density at radius 3 is 1.79 bits per heavy atom. The first-order chi connectivity index (χ1) is 11.4. The molecule has 3 N–H and O–H groups in total. The van der Waals surface area contributed by atoms with Gasteiger partial charge in [-0.3, -0.25) is 4.79 Å². The van der Waals surface area contributed by atoms with Crippen LogP contribution in [0.3, 0.4) is 0 Å². The smallest absolute Gasteiger partial charge is 0.357 e. The fraction of sp³-hybridized carbons (Fsp3) is 0.278. The largest absolute Gasteiger partial charge is 0.383 e. The number of likely N-dealkylation sites (N-methyl/N-ethyl adjacent to an activating group) is 1. The lowest BCUT2D eigenvalue weighted by Crippen LogP contribution is -2.68. The Bertz CT molecular complexity index is 640. The molecule has 0 aliphatic carbocycles. The van der Waals surface area contributed by atoms with Crippen molar-refractivity contribution in [3.63, 3.8) is 0 Å². The van der Waals surface area contributed by atoms with Crippen molar-refractivity contribution in [1.29, 1.82) is 0 Å². The molecular formula is C18H20F2N2O2. The third-order valence-corrected chi connectivity index (χ3v) is 4.06. The zero-order valence-electron chi connectivity index (χ0n) is 13.5. The van der Waals surface area contributed by atoms with Gasteiger partial charge in [0.2, 0.25) is 5.91 Å². The van der Waals surface area contributed by atoms with E-state index in [1.54, 1.807) is 60.7 Å². The molecule has 2 aromatic carbocycles. The van der Waals surface area contributed by atoms with Gasteiger partial charge in [-0.25, -0.2) is 0 Å². The lowest BCUT2D eigenvalue weighted by atomic mass is 9.74. The summed E-state index contributed by atoms with van der Waals surface area (Å²) in [6.45, 7) is 0. The molecule has 2 rings (SSSR count). The van der Waals surface area contributed by atoms with Crippen molar-refractivity contribution in [2.75, 3.05) is 14.2 Å². The Hall–Kier alpha value is -2.31. The predicted octanol–water partition coefficient (Wildman–Crippen LogP) is 2.50. The van der Waals surface area contributed by atoms with E-state index in [9.17, 15) is 13.6 Å². The lowest BCUT2D eigenvalue weighted by Gasteiger charge is -2.40. The predicted molar refractivity (Wildman–Crippen MR) is 87.7 cm³/mol. The number of halogens is 2. The quantitative estimate of drug-likeness (QED) is 0.853. The maximum absolute atomic E-state index is 14.7. The van der Waals surface area contributed by atoms with E-state index in [0.717, 1.165) is 7.11 Å². The van der Waals surface area contributed by atoms with Crippen LogP contribution in [0.4, 0.5) is 8.78 Å². The second-order valence-corrected chi connectivity index (χ2v) is 5.42. The summed E-state index contributed by atoms with van der Waals surface area (Å²) in [4.78, 5) is 12.4. The molecule has 1 amide bonds. The van der Waals surface area contributed by atoms with Crippen molar-refractivity contribution >= 4 is 5.91 Å². The molecule has 0 aromatic heterocycles. The first-order valence-corrected chi connectivity index (χ1v) is 7.42. The molecule has 6 heteroatoms. The summed E-state index contributed by atoms with van der Waals surface area (Å²) >= 11 is 0. The Kier molecular flexibility index (Phi) is 5.31. The lowest BCUT2D eigenvalue weighted by molar-refractivity contribution is -0.262. The van der Waals surface area contributed by atoms with Crippen LogP contribution in [0, 0.1) is 0 Å². The number of hydrogen-bond acceptors (Lipinski definition) is 3. The maximum Gasteiger partial charge on any atom is 0.383 e. The fourth-order valence-corrected chi connectivity index (χ4v) is 2.82. The topological polar surface area (TPSA) is 64.4 Å². The highest BCUT2D eigenvalue weighted by atomic mass is 19.3. The number of ether oxygens (including phenoxy) is 1. The highest BCUT2D eigenvalue weighted by Crippen LogP contribution is 2.43. The van der Waals surface area contributed by atoms with Gasteiger partial charge in [0.25, 0.3) is 0 Å². The molecule has 24 heavy (non-hydrogen) atoms. The molecule has 2 aromatic rings. The number of nitrogens with one attached hydrogen (secondary N) is 1. The number of rotatable bonds is 6. The Morgan fingerprint density at radius 2 is 1.46 bits per heavy atom. The molecule has 4 nitrogen and oxygen atoms in total. The van der Waals surface area contributed by atoms with E-state index in [4.69, 9.17) is 5.73 Å². The number of amides is 1. The second kappa shape index (κ2) is 7.07. The molecule has 0 spiro atoms. The van der Waals surface area contributed by atoms with Crippen molar-refractivity contribution in [2.45, 2.75) is 17.6 Å². The van der Waals surface area contributed by atoms with Gasteiger partial charge in [-0.1, -0.05) is 60.7 Å². The van der Waals surface area contributed by atoms with Crippen LogP contribution < -0.4 is 11.1 Å². The Morgan fingerprint density at radius 1 is 1.04 bits per heavy atom. The van der Waals surface area contributed by atoms with Gasteiger partial charge in [-0.15, -0.1) is 0 Å². The van der Waals surface area contributed by atoms with Crippen LogP contribution >= 0.6 is 0 Å². The highest BCUT2D eigenvalue weighted by Gasteiger charge is 2.62. The third-order valence-electron chi connectivity index (χ3n) is 4.06. The summed E-state index contributed by atoms with van der Waals surface area (Å²) in [6.07, 6.45) is -3.89. The summed E-state index contributed by atoms with van der Waals surface area (Å²) in [6, 6.07) is 17.0. The average Bonchev–Trinajstić information content (AvgIpc) is 2.62. The van der Waals surface area contributed by atoms with Crippen molar-refractivity contribution in [3.05, 3.63) is 71.8 Å². The van der Waals surface area contributed by atoms with Crippen molar-refractivity contribution < 1.29 is 18.3 Å². The molecule has 0 radical (unpaired) electrons. The van der Waals surface area contributed by atoms with E-state index >= 15 is 0 Å². The molecule has 0 aliphatic heterocycles. The van der Waals surface area contributed by atoms with E-state index in [1.807, 2.05) is 0 Å². The molecule has 0 heterocycles. The molecule has 0 saturated heterocycles. The second-order valence-electron chi connectivity index (χ2n) is 5.42. The highest BCUT2D eigenvalue weighted by molar-refractivity contribution is 5.89. The van der Waals surface area contributed by atoms with E-state index in [2.05, 4.69) is 10.1 Å². The fourth-order valence-electron chi connectivity index (χ4n) is 2.82. The van der Waals surface area contributed by atoms with Gasteiger partial charge >= 0.3 is 6.11 Å². The van der Waals surface area contributed by atoms with E-state index < -0.39 is 23.5 Å². The summed E-state index contributed by atoms with van der Waals surface area (Å²) in [5, 5.41) is 2.24. The van der Waals surface area contributed by atoms with E-state index in [1.165, 1.54) is 7.05 Å². The van der Waals surface area contributed by atoms with E-state index in [0.29, 0.717) is 11.1 Å². The number of hydrogen-bond donors (Lipinski definition) is 2. The molecule has 1 unspecified atom stereocenters. The number of carbonyl (C=O) groups is 1. The van der Waals surface area contributed by atoms with Crippen molar-refractivity contribution in [1.82, 2.24) is 5.32 Å². The molecular weight excluding hydrogens is 314 g/mol. The van der Waals surface area contributed by atoms with Crippen molar-refractivity contribution in [2.24, 2.45) is 5.73 Å². The van der Waals surface area contributed by atoms with Crippen LogP contribution in [-0.4, -0.2) is 31.7 Å². The molecule has 128 valence electrons. The van der Waals surface area contributed by atoms with Crippen LogP contribution in [0.1, 0.15) is 17.0 Å². The van der Waals surface area contributed by atoms with Gasteiger partial charge in [-0.2, -0.15) is 8.78 Å². The van der Waals surface area contributed by atoms with E-state index in [-0.39, 0.29) is 0 Å². The summed E-state index contributed by atoms with van der Waals surface area (Å²) in [5.41, 5.74) is 4.42. The first-order valence-electron chi connectivity index (χ1n) is 7.42. The number of methoxy groups -OCH3 is 1. The zero-order valence-corrected chi connectivity index (χ0v) is 13.5. The molecule has 1 atom stereocenters. The standard InChI is InChI=1S/C18H20F2N2O2/c1-22-16(23)17(21,18(19,20)24-2)15(13-9-5-3-6-10-13)14-11-7-4-8-12-14/h3-12,15H,21H2,1-2H3,(H,22,23). The van der Waals surface area contributed by atoms with Gasteiger partial charge in [-0.05, 0) is 11.1 Å². The third kappa shape index (κ3) is 3.02. The molecule has 0 aliphatic rings. The average molecular weight is 334 g/mol. The number of nitrogens with two attached hydrogens (primary N) is 1. The van der Waals surface area contributed by atoms with Crippen molar-refractivity contribution in [3.8, 4) is 0 Å². The molecule has 0 saturated carbocycles. The maximum atomic E-state index is 14.7. The number of benzene rings is 2. The molecule has 0 bridgehead atoms. The van der Waals surface area contributed by atoms with Gasteiger partial charge in [0, 0.05) is 20.1 Å². The van der Waals surface area contributed by atoms with Crippen LogP contribution in [0.2, 0.25) is 0 Å². The van der Waals surface area contributed by atoms with Crippen LogP contribution in [0.25, 0.3) is 0 Å². The summed E-state index contributed by atoms with van der Waals surface area (Å²) < 4.78 is 33.6. The Balaban J connectivity index is 2.74. The van der Waals surface area contributed by atoms with Gasteiger partial charge in [0.1, 0.15) is 0 Å². The van der Waals surface area contributed by atoms with Crippen LogP contribution in [0.5, 0.6) is 0 Å². The Labute approximate surface area is 139 Å². The molecule has 0 fully saturated rings. The van der Waals surface area contributed by atoms with Crippen LogP contribution in [0.15, 0.2) is 60.7 Å². The minimum absolute atomic E-state index is 0.492. The van der Waals surface area contributed by atoms with Gasteiger partial charge in [0.15, 0.2) is 5.54 Å².